The third kappa shape index (κ3) is 3.00. The molecule has 1 aromatic heterocycles. The van der Waals surface area contributed by atoms with Crippen LogP contribution in [-0.4, -0.2) is 52.3 Å². The van der Waals surface area contributed by atoms with Crippen molar-refractivity contribution in [1.82, 2.24) is 15.1 Å². The number of nitrogens with zero attached hydrogens (tertiary/aromatic N) is 4. The monoisotopic (exact) mass is 338 g/mol. The van der Waals surface area contributed by atoms with Gasteiger partial charge in [-0.2, -0.15) is 0 Å². The maximum Gasteiger partial charge on any atom is 0.254 e. The predicted octanol–water partition coefficient (Wildman–Crippen LogP) is 2.17. The van der Waals surface area contributed by atoms with Crippen molar-refractivity contribution < 1.29 is 9.90 Å². The third-order valence-electron chi connectivity index (χ3n) is 3.55. The van der Waals surface area contributed by atoms with Crippen molar-refractivity contribution in [2.24, 2.45) is 0 Å². The summed E-state index contributed by atoms with van der Waals surface area (Å²) in [5.41, 5.74) is 0.489. The SMILES string of the molecule is Cc1nnc(N2CCN(C(=O)c3ccc(O)c(Cl)c3)CC2)s1. The van der Waals surface area contributed by atoms with Crippen molar-refractivity contribution >= 4 is 34.0 Å². The van der Waals surface area contributed by atoms with E-state index in [4.69, 9.17) is 11.6 Å². The standard InChI is InChI=1S/C14H15ClN4O2S/c1-9-16-17-14(22-9)19-6-4-18(5-7-19)13(21)10-2-3-12(20)11(15)8-10/h2-3,8,20H,4-7H2,1H3. The second kappa shape index (κ2) is 6.10. The number of halogens is 1. The minimum absolute atomic E-state index is 0.0188. The van der Waals surface area contributed by atoms with E-state index in [1.54, 1.807) is 22.3 Å². The predicted molar refractivity (Wildman–Crippen MR) is 85.9 cm³/mol. The van der Waals surface area contributed by atoms with E-state index in [0.29, 0.717) is 18.7 Å². The topological polar surface area (TPSA) is 69.6 Å². The molecule has 0 atom stereocenters. The molecule has 0 unspecified atom stereocenters. The summed E-state index contributed by atoms with van der Waals surface area (Å²) < 4.78 is 0. The quantitative estimate of drug-likeness (QED) is 0.908. The Kier molecular flexibility index (Phi) is 4.17. The molecule has 1 N–H and O–H groups in total. The number of carbonyl (C=O) groups is 1. The van der Waals surface area contributed by atoms with Gasteiger partial charge in [0.25, 0.3) is 5.91 Å². The molecule has 0 bridgehead atoms. The largest absolute Gasteiger partial charge is 0.506 e. The molecule has 1 aliphatic heterocycles. The molecule has 1 saturated heterocycles. The Morgan fingerprint density at radius 2 is 2.00 bits per heavy atom. The molecular weight excluding hydrogens is 324 g/mol. The number of hydrogen-bond acceptors (Lipinski definition) is 6. The highest BCUT2D eigenvalue weighted by atomic mass is 35.5. The zero-order chi connectivity index (χ0) is 15.7. The zero-order valence-corrected chi connectivity index (χ0v) is 13.6. The zero-order valence-electron chi connectivity index (χ0n) is 12.0. The van der Waals surface area contributed by atoms with E-state index < -0.39 is 0 Å². The minimum Gasteiger partial charge on any atom is -0.506 e. The number of hydrogen-bond donors (Lipinski definition) is 1. The lowest BCUT2D eigenvalue weighted by molar-refractivity contribution is 0.0746. The first-order chi connectivity index (χ1) is 10.5. The first kappa shape index (κ1) is 15.1. The number of benzene rings is 1. The van der Waals surface area contributed by atoms with E-state index in [9.17, 15) is 9.90 Å². The van der Waals surface area contributed by atoms with Crippen molar-refractivity contribution in [2.45, 2.75) is 6.92 Å². The van der Waals surface area contributed by atoms with Gasteiger partial charge < -0.3 is 14.9 Å². The number of aryl methyl sites for hydroxylation is 1. The summed E-state index contributed by atoms with van der Waals surface area (Å²) in [5.74, 6) is -0.0929. The third-order valence-corrected chi connectivity index (χ3v) is 4.75. The molecule has 6 nitrogen and oxygen atoms in total. The highest BCUT2D eigenvalue weighted by Gasteiger charge is 2.24. The summed E-state index contributed by atoms with van der Waals surface area (Å²) in [4.78, 5) is 16.4. The number of phenolic OH excluding ortho intramolecular Hbond substituents is 1. The van der Waals surface area contributed by atoms with Gasteiger partial charge in [-0.1, -0.05) is 22.9 Å². The fourth-order valence-corrected chi connectivity index (χ4v) is 3.26. The van der Waals surface area contributed by atoms with Crippen molar-refractivity contribution in [2.75, 3.05) is 31.1 Å². The van der Waals surface area contributed by atoms with Gasteiger partial charge in [-0.3, -0.25) is 4.79 Å². The normalized spacial score (nSPS) is 15.2. The maximum atomic E-state index is 12.5. The summed E-state index contributed by atoms with van der Waals surface area (Å²) in [7, 11) is 0. The van der Waals surface area contributed by atoms with Crippen LogP contribution in [0.3, 0.4) is 0 Å². The van der Waals surface area contributed by atoms with E-state index in [1.165, 1.54) is 12.1 Å². The highest BCUT2D eigenvalue weighted by Crippen LogP contribution is 2.25. The first-order valence-electron chi connectivity index (χ1n) is 6.87. The Morgan fingerprint density at radius 3 is 2.59 bits per heavy atom. The van der Waals surface area contributed by atoms with Gasteiger partial charge in [-0.25, -0.2) is 0 Å². The van der Waals surface area contributed by atoms with Crippen LogP contribution in [0.2, 0.25) is 5.02 Å². The Morgan fingerprint density at radius 1 is 1.27 bits per heavy atom. The highest BCUT2D eigenvalue weighted by molar-refractivity contribution is 7.15. The molecule has 0 radical (unpaired) electrons. The molecule has 8 heteroatoms. The van der Waals surface area contributed by atoms with Crippen LogP contribution >= 0.6 is 22.9 Å². The number of piperazine rings is 1. The van der Waals surface area contributed by atoms with E-state index in [2.05, 4.69) is 15.1 Å². The van der Waals surface area contributed by atoms with Gasteiger partial charge in [-0.05, 0) is 25.1 Å². The summed E-state index contributed by atoms with van der Waals surface area (Å²) in [6, 6.07) is 4.53. The molecule has 2 heterocycles. The molecule has 2 aromatic rings. The second-order valence-corrected chi connectivity index (χ2v) is 6.62. The number of anilines is 1. The van der Waals surface area contributed by atoms with Crippen LogP contribution in [0.4, 0.5) is 5.13 Å². The molecular formula is C14H15ClN4O2S. The summed E-state index contributed by atoms with van der Waals surface area (Å²) in [6.07, 6.45) is 0. The van der Waals surface area contributed by atoms with Crippen LogP contribution in [0.1, 0.15) is 15.4 Å². The number of amides is 1. The van der Waals surface area contributed by atoms with Gasteiger partial charge >= 0.3 is 0 Å². The molecule has 0 aliphatic carbocycles. The Balaban J connectivity index is 1.65. The Hall–Kier alpha value is -1.86. The van der Waals surface area contributed by atoms with Crippen molar-refractivity contribution in [3.8, 4) is 5.75 Å². The number of aromatic nitrogens is 2. The van der Waals surface area contributed by atoms with Gasteiger partial charge in [0.05, 0.1) is 5.02 Å². The first-order valence-corrected chi connectivity index (χ1v) is 8.07. The van der Waals surface area contributed by atoms with E-state index in [1.807, 2.05) is 6.92 Å². The number of carbonyl (C=O) groups excluding carboxylic acids is 1. The Labute approximate surface area is 136 Å². The van der Waals surface area contributed by atoms with Gasteiger partial charge in [0.15, 0.2) is 0 Å². The fraction of sp³-hybridized carbons (Fsp3) is 0.357. The van der Waals surface area contributed by atoms with Crippen LogP contribution in [0.25, 0.3) is 0 Å². The Bertz CT molecular complexity index is 698. The van der Waals surface area contributed by atoms with Crippen LogP contribution in [0.5, 0.6) is 5.75 Å². The molecule has 1 amide bonds. The minimum atomic E-state index is -0.0741. The smallest absolute Gasteiger partial charge is 0.254 e. The number of aromatic hydroxyl groups is 1. The van der Waals surface area contributed by atoms with Crippen LogP contribution < -0.4 is 4.90 Å². The molecule has 22 heavy (non-hydrogen) atoms. The lowest BCUT2D eigenvalue weighted by atomic mass is 10.1. The van der Waals surface area contributed by atoms with E-state index in [-0.39, 0.29) is 16.7 Å². The van der Waals surface area contributed by atoms with Crippen LogP contribution in [-0.2, 0) is 0 Å². The van der Waals surface area contributed by atoms with Crippen molar-refractivity contribution in [3.05, 3.63) is 33.8 Å². The second-order valence-electron chi connectivity index (χ2n) is 5.05. The summed E-state index contributed by atoms with van der Waals surface area (Å²) in [6.45, 7) is 4.62. The molecule has 1 aliphatic rings. The van der Waals surface area contributed by atoms with Gasteiger partial charge in [-0.15, -0.1) is 10.2 Å². The average Bonchev–Trinajstić information content (AvgIpc) is 2.96. The molecule has 0 saturated carbocycles. The van der Waals surface area contributed by atoms with E-state index in [0.717, 1.165) is 23.2 Å². The van der Waals surface area contributed by atoms with Gasteiger partial charge in [0.1, 0.15) is 10.8 Å². The summed E-state index contributed by atoms with van der Waals surface area (Å²) >= 11 is 7.42. The molecule has 0 spiro atoms. The lowest BCUT2D eigenvalue weighted by Gasteiger charge is -2.34. The molecule has 3 rings (SSSR count). The number of phenols is 1. The molecule has 116 valence electrons. The molecule has 1 aromatic carbocycles. The van der Waals surface area contributed by atoms with Gasteiger partial charge in [0, 0.05) is 31.7 Å². The molecule has 1 fully saturated rings. The summed E-state index contributed by atoms with van der Waals surface area (Å²) in [5, 5.41) is 19.6. The number of rotatable bonds is 2. The van der Waals surface area contributed by atoms with Crippen LogP contribution in [0, 0.1) is 6.92 Å². The van der Waals surface area contributed by atoms with Crippen molar-refractivity contribution in [3.63, 3.8) is 0 Å². The van der Waals surface area contributed by atoms with E-state index >= 15 is 0 Å². The van der Waals surface area contributed by atoms with Crippen LogP contribution in [0.15, 0.2) is 18.2 Å². The fourth-order valence-electron chi connectivity index (χ4n) is 2.34. The average molecular weight is 339 g/mol. The lowest BCUT2D eigenvalue weighted by Crippen LogP contribution is -2.48. The maximum absolute atomic E-state index is 12.5. The van der Waals surface area contributed by atoms with Crippen molar-refractivity contribution in [1.29, 1.82) is 0 Å². The van der Waals surface area contributed by atoms with Gasteiger partial charge in [0.2, 0.25) is 5.13 Å².